The van der Waals surface area contributed by atoms with Crippen LogP contribution in [0, 0.1) is 5.92 Å². The Kier molecular flexibility index (Phi) is 5.14. The fourth-order valence-corrected chi connectivity index (χ4v) is 5.55. The molecule has 0 saturated carbocycles. The molecule has 0 amide bonds. The lowest BCUT2D eigenvalue weighted by Gasteiger charge is -2.36. The summed E-state index contributed by atoms with van der Waals surface area (Å²) in [4.78, 5) is 3.60. The van der Waals surface area contributed by atoms with Crippen molar-refractivity contribution >= 4 is 28.1 Å². The van der Waals surface area contributed by atoms with E-state index in [4.69, 9.17) is 11.6 Å². The average molecular weight is 445 g/mol. The van der Waals surface area contributed by atoms with Crippen LogP contribution < -0.4 is 5.32 Å². The van der Waals surface area contributed by atoms with E-state index in [1.807, 2.05) is 12.1 Å². The molecule has 1 aliphatic carbocycles. The lowest BCUT2D eigenvalue weighted by molar-refractivity contribution is -0.137. The molecule has 5 rings (SSSR count). The zero-order chi connectivity index (χ0) is 21.8. The van der Waals surface area contributed by atoms with Gasteiger partial charge in [-0.25, -0.2) is 0 Å². The summed E-state index contributed by atoms with van der Waals surface area (Å²) >= 11 is 5.82. The minimum Gasteiger partial charge on any atom is -0.358 e. The Morgan fingerprint density at radius 3 is 2.68 bits per heavy atom. The number of rotatable bonds is 2. The average Bonchev–Trinajstić information content (AvgIpc) is 3.13. The van der Waals surface area contributed by atoms with Crippen molar-refractivity contribution in [2.24, 2.45) is 5.92 Å². The van der Waals surface area contributed by atoms with Crippen molar-refractivity contribution < 1.29 is 13.2 Å². The number of para-hydroxylation sites is 1. The van der Waals surface area contributed by atoms with Crippen LogP contribution >= 0.6 is 11.6 Å². The van der Waals surface area contributed by atoms with E-state index >= 15 is 0 Å². The highest BCUT2D eigenvalue weighted by Gasteiger charge is 2.35. The summed E-state index contributed by atoms with van der Waals surface area (Å²) in [5.41, 5.74) is 4.71. The normalized spacial score (nSPS) is 24.2. The van der Waals surface area contributed by atoms with Crippen molar-refractivity contribution in [1.82, 2.24) is 10.3 Å². The number of aromatic nitrogens is 1. The van der Waals surface area contributed by atoms with Gasteiger partial charge in [0.2, 0.25) is 0 Å². The third kappa shape index (κ3) is 3.79. The lowest BCUT2D eigenvalue weighted by Crippen LogP contribution is -2.41. The van der Waals surface area contributed by atoms with E-state index in [0.29, 0.717) is 30.4 Å². The quantitative estimate of drug-likeness (QED) is 0.439. The number of hydrogen-bond donors (Lipinski definition) is 2. The molecule has 0 spiro atoms. The summed E-state index contributed by atoms with van der Waals surface area (Å²) < 4.78 is 40.0. The Morgan fingerprint density at radius 2 is 1.87 bits per heavy atom. The third-order valence-corrected chi connectivity index (χ3v) is 7.17. The number of H-pyrrole nitrogens is 1. The minimum absolute atomic E-state index is 0.231. The molecule has 0 radical (unpaired) electrons. The van der Waals surface area contributed by atoms with Crippen molar-refractivity contribution in [1.29, 1.82) is 0 Å². The molecule has 2 N–H and O–H groups in total. The molecule has 2 nitrogen and oxygen atoms in total. The largest absolute Gasteiger partial charge is 0.417 e. The highest BCUT2D eigenvalue weighted by atomic mass is 35.5. The molecule has 1 aromatic heterocycles. The first-order chi connectivity index (χ1) is 14.8. The van der Waals surface area contributed by atoms with Crippen LogP contribution in [0.3, 0.4) is 0 Å². The van der Waals surface area contributed by atoms with Crippen molar-refractivity contribution in [2.75, 3.05) is 6.54 Å². The summed E-state index contributed by atoms with van der Waals surface area (Å²) in [6, 6.07) is 12.9. The van der Waals surface area contributed by atoms with Crippen LogP contribution in [0.2, 0.25) is 5.02 Å². The minimum atomic E-state index is -4.45. The summed E-state index contributed by atoms with van der Waals surface area (Å²) in [5.74, 6) is 0.851. The highest BCUT2D eigenvalue weighted by molar-refractivity contribution is 6.31. The molecule has 1 aliphatic heterocycles. The Morgan fingerprint density at radius 1 is 1.06 bits per heavy atom. The number of fused-ring (bicyclic) bond motifs is 3. The van der Waals surface area contributed by atoms with Crippen molar-refractivity contribution in [3.63, 3.8) is 0 Å². The Labute approximate surface area is 184 Å². The first-order valence-corrected chi connectivity index (χ1v) is 11.1. The highest BCUT2D eigenvalue weighted by Crippen LogP contribution is 2.42. The van der Waals surface area contributed by atoms with Crippen molar-refractivity contribution in [3.05, 3.63) is 75.9 Å². The topological polar surface area (TPSA) is 27.8 Å². The molecule has 3 unspecified atom stereocenters. The van der Waals surface area contributed by atoms with Gasteiger partial charge >= 0.3 is 6.18 Å². The van der Waals surface area contributed by atoms with Crippen LogP contribution in [0.5, 0.6) is 0 Å². The number of benzene rings is 2. The number of halogens is 4. The number of hydrogen-bond acceptors (Lipinski definition) is 1. The molecular formula is C25H24ClF3N2. The van der Waals surface area contributed by atoms with Gasteiger partial charge < -0.3 is 10.3 Å². The summed E-state index contributed by atoms with van der Waals surface area (Å²) in [5, 5.41) is 4.63. The molecule has 3 aromatic rings. The Hall–Kier alpha value is -2.24. The zero-order valence-corrected chi connectivity index (χ0v) is 17.9. The second-order valence-corrected chi connectivity index (χ2v) is 9.21. The molecule has 6 heteroatoms. The molecule has 2 aromatic carbocycles. The van der Waals surface area contributed by atoms with Crippen LogP contribution in [0.1, 0.15) is 48.1 Å². The predicted molar refractivity (Wildman–Crippen MR) is 119 cm³/mol. The van der Waals surface area contributed by atoms with E-state index in [1.165, 1.54) is 34.3 Å². The van der Waals surface area contributed by atoms with Gasteiger partial charge in [0, 0.05) is 29.2 Å². The van der Waals surface area contributed by atoms with E-state index in [-0.39, 0.29) is 11.1 Å². The van der Waals surface area contributed by atoms with E-state index < -0.39 is 11.7 Å². The molecule has 0 fully saturated rings. The monoisotopic (exact) mass is 444 g/mol. The summed E-state index contributed by atoms with van der Waals surface area (Å²) in [6.07, 6.45) is 0.296. The maximum atomic E-state index is 13.3. The zero-order valence-electron chi connectivity index (χ0n) is 17.2. The van der Waals surface area contributed by atoms with Gasteiger partial charge in [-0.1, -0.05) is 48.9 Å². The van der Waals surface area contributed by atoms with Crippen LogP contribution in [-0.2, 0) is 12.6 Å². The Bertz CT molecular complexity index is 1160. The van der Waals surface area contributed by atoms with Gasteiger partial charge in [0.05, 0.1) is 10.6 Å². The fourth-order valence-electron chi connectivity index (χ4n) is 5.32. The molecule has 0 bridgehead atoms. The third-order valence-electron chi connectivity index (χ3n) is 6.84. The van der Waals surface area contributed by atoms with Crippen LogP contribution in [0.4, 0.5) is 13.2 Å². The van der Waals surface area contributed by atoms with E-state index in [2.05, 4.69) is 35.4 Å². The Balaban J connectivity index is 1.41. The fraction of sp³-hybridized carbons (Fsp3) is 0.360. The van der Waals surface area contributed by atoms with E-state index in [1.54, 1.807) is 6.07 Å². The summed E-state index contributed by atoms with van der Waals surface area (Å²) in [7, 11) is 0. The smallest absolute Gasteiger partial charge is 0.358 e. The van der Waals surface area contributed by atoms with Crippen molar-refractivity contribution in [2.45, 2.75) is 44.3 Å². The van der Waals surface area contributed by atoms with Gasteiger partial charge in [-0.3, -0.25) is 0 Å². The van der Waals surface area contributed by atoms with E-state index in [9.17, 15) is 13.2 Å². The number of alkyl halides is 3. The van der Waals surface area contributed by atoms with Gasteiger partial charge in [-0.15, -0.1) is 0 Å². The predicted octanol–water partition coefficient (Wildman–Crippen LogP) is 6.95. The molecule has 31 heavy (non-hydrogen) atoms. The second-order valence-electron chi connectivity index (χ2n) is 8.80. The number of nitrogens with one attached hydrogen (secondary N) is 2. The van der Waals surface area contributed by atoms with E-state index in [0.717, 1.165) is 18.4 Å². The van der Waals surface area contributed by atoms with Crippen LogP contribution in [0.25, 0.3) is 16.5 Å². The maximum absolute atomic E-state index is 13.3. The van der Waals surface area contributed by atoms with Gasteiger partial charge in [0.25, 0.3) is 0 Å². The van der Waals surface area contributed by atoms with Crippen LogP contribution in [-0.4, -0.2) is 17.6 Å². The van der Waals surface area contributed by atoms with Gasteiger partial charge in [0.1, 0.15) is 0 Å². The van der Waals surface area contributed by atoms with Gasteiger partial charge in [-0.05, 0) is 66.0 Å². The lowest BCUT2D eigenvalue weighted by atomic mass is 9.74. The molecule has 2 aliphatic rings. The number of aromatic amines is 1. The molecule has 3 atom stereocenters. The molecule has 162 valence electrons. The van der Waals surface area contributed by atoms with Crippen molar-refractivity contribution in [3.8, 4) is 0 Å². The summed E-state index contributed by atoms with van der Waals surface area (Å²) in [6.45, 7) is 2.92. The first kappa shape index (κ1) is 20.7. The molecule has 0 saturated heterocycles. The standard InChI is InChI=1S/C25H24ClF3N2/c1-14-10-17(11-19-18-4-2-3-5-22(18)31-24(14)19)23-13-16(8-9-30-23)15-6-7-21(26)20(12-15)25(27,28)29/h2-8,12,14,17,23,30-31H,9-11,13H2,1H3. The van der Waals surface area contributed by atoms with Gasteiger partial charge in [-0.2, -0.15) is 13.2 Å². The first-order valence-electron chi connectivity index (χ1n) is 10.7. The molecular weight excluding hydrogens is 421 g/mol. The maximum Gasteiger partial charge on any atom is 0.417 e. The van der Waals surface area contributed by atoms with Crippen LogP contribution in [0.15, 0.2) is 48.5 Å². The van der Waals surface area contributed by atoms with Gasteiger partial charge in [0.15, 0.2) is 0 Å². The SMILES string of the molecule is CC1CC(C2CC(c3ccc(Cl)c(C(F)(F)F)c3)=CCN2)Cc2c1[nH]c1ccccc21. The molecule has 2 heterocycles. The second kappa shape index (κ2) is 7.72.